The molecule has 0 amide bonds. The summed E-state index contributed by atoms with van der Waals surface area (Å²) in [5.41, 5.74) is 1.82. The van der Waals surface area contributed by atoms with E-state index in [-0.39, 0.29) is 0 Å². The normalized spacial score (nSPS) is 15.7. The number of benzene rings is 1. The van der Waals surface area contributed by atoms with E-state index in [0.29, 0.717) is 36.9 Å². The quantitative estimate of drug-likeness (QED) is 0.650. The Morgan fingerprint density at radius 2 is 1.68 bits per heavy atom. The molecule has 2 aromatic heterocycles. The first-order valence-electron chi connectivity index (χ1n) is 8.94. The van der Waals surface area contributed by atoms with E-state index in [4.69, 9.17) is 0 Å². The van der Waals surface area contributed by atoms with Crippen LogP contribution < -0.4 is 4.90 Å². The minimum Gasteiger partial charge on any atom is -0.354 e. The van der Waals surface area contributed by atoms with E-state index in [1.54, 1.807) is 21.4 Å². The van der Waals surface area contributed by atoms with Gasteiger partial charge in [0.1, 0.15) is 24.8 Å². The average molecular weight is 399 g/mol. The van der Waals surface area contributed by atoms with Crippen LogP contribution in [0.25, 0.3) is 5.82 Å². The zero-order valence-electron chi connectivity index (χ0n) is 15.7. The van der Waals surface area contributed by atoms with Gasteiger partial charge >= 0.3 is 0 Å². The molecule has 1 fully saturated rings. The molecule has 0 spiro atoms. The molecule has 3 aromatic rings. The van der Waals surface area contributed by atoms with Crippen molar-refractivity contribution in [1.29, 1.82) is 0 Å². The molecule has 9 nitrogen and oxygen atoms in total. The first-order chi connectivity index (χ1) is 13.4. The van der Waals surface area contributed by atoms with Gasteiger partial charge in [-0.25, -0.2) is 28.1 Å². The number of sulfonamides is 1. The van der Waals surface area contributed by atoms with Gasteiger partial charge in [0.2, 0.25) is 10.0 Å². The Hall–Kier alpha value is -2.85. The molecule has 0 N–H and O–H groups in total. The molecular formula is C18H21N7O2S. The topological polar surface area (TPSA) is 97.1 Å². The van der Waals surface area contributed by atoms with E-state index < -0.39 is 10.0 Å². The highest BCUT2D eigenvalue weighted by molar-refractivity contribution is 7.89. The van der Waals surface area contributed by atoms with Gasteiger partial charge in [-0.15, -0.1) is 0 Å². The lowest BCUT2D eigenvalue weighted by Crippen LogP contribution is -2.49. The Morgan fingerprint density at radius 1 is 0.929 bits per heavy atom. The van der Waals surface area contributed by atoms with E-state index in [1.807, 2.05) is 32.0 Å². The van der Waals surface area contributed by atoms with Gasteiger partial charge in [-0.3, -0.25) is 0 Å². The summed E-state index contributed by atoms with van der Waals surface area (Å²) in [6.45, 7) is 5.70. The van der Waals surface area contributed by atoms with Crippen molar-refractivity contribution in [2.45, 2.75) is 18.7 Å². The van der Waals surface area contributed by atoms with Crippen LogP contribution in [-0.4, -0.2) is 63.6 Å². The second-order valence-corrected chi connectivity index (χ2v) is 8.64. The van der Waals surface area contributed by atoms with Crippen molar-refractivity contribution in [3.63, 3.8) is 0 Å². The Bertz CT molecular complexity index is 1080. The van der Waals surface area contributed by atoms with Gasteiger partial charge in [-0.2, -0.15) is 9.40 Å². The predicted octanol–water partition coefficient (Wildman–Crippen LogP) is 1.19. The monoisotopic (exact) mass is 399 g/mol. The Labute approximate surface area is 163 Å². The Balaban J connectivity index is 1.50. The fourth-order valence-corrected chi connectivity index (χ4v) is 4.98. The van der Waals surface area contributed by atoms with Gasteiger partial charge in [0, 0.05) is 32.2 Å². The second-order valence-electron chi connectivity index (χ2n) is 6.73. The van der Waals surface area contributed by atoms with Crippen molar-refractivity contribution >= 4 is 15.8 Å². The molecule has 1 aliphatic rings. The predicted molar refractivity (Wildman–Crippen MR) is 104 cm³/mol. The molecule has 1 aliphatic heterocycles. The van der Waals surface area contributed by atoms with Crippen molar-refractivity contribution in [2.75, 3.05) is 31.1 Å². The van der Waals surface area contributed by atoms with Gasteiger partial charge < -0.3 is 4.90 Å². The number of hydrogen-bond donors (Lipinski definition) is 0. The molecule has 4 rings (SSSR count). The van der Waals surface area contributed by atoms with Crippen LogP contribution in [-0.2, 0) is 10.0 Å². The van der Waals surface area contributed by atoms with E-state index in [1.165, 1.54) is 12.7 Å². The molecule has 0 atom stereocenters. The molecular weight excluding hydrogens is 378 g/mol. The summed E-state index contributed by atoms with van der Waals surface area (Å²) >= 11 is 0. The number of nitrogens with zero attached hydrogens (tertiary/aromatic N) is 7. The summed E-state index contributed by atoms with van der Waals surface area (Å²) in [6, 6.07) is 7.25. The average Bonchev–Trinajstić information content (AvgIpc) is 3.23. The lowest BCUT2D eigenvalue weighted by Gasteiger charge is -2.34. The smallest absolute Gasteiger partial charge is 0.243 e. The first kappa shape index (κ1) is 18.5. The number of aromatic nitrogens is 5. The highest BCUT2D eigenvalue weighted by Gasteiger charge is 2.30. The largest absolute Gasteiger partial charge is 0.354 e. The summed E-state index contributed by atoms with van der Waals surface area (Å²) < 4.78 is 29.2. The van der Waals surface area contributed by atoms with E-state index in [9.17, 15) is 8.42 Å². The lowest BCUT2D eigenvalue weighted by molar-refractivity contribution is 0.383. The van der Waals surface area contributed by atoms with Gasteiger partial charge in [-0.05, 0) is 25.5 Å². The van der Waals surface area contributed by atoms with Crippen molar-refractivity contribution in [1.82, 2.24) is 29.0 Å². The van der Waals surface area contributed by atoms with Gasteiger partial charge in [0.05, 0.1) is 4.90 Å². The number of anilines is 1. The zero-order valence-corrected chi connectivity index (χ0v) is 16.5. The maximum absolute atomic E-state index is 13.0. The van der Waals surface area contributed by atoms with E-state index in [0.717, 1.165) is 16.9 Å². The summed E-state index contributed by atoms with van der Waals surface area (Å²) in [6.07, 6.45) is 4.49. The fraction of sp³-hybridized carbons (Fsp3) is 0.333. The van der Waals surface area contributed by atoms with Crippen LogP contribution in [0.15, 0.2) is 48.1 Å². The van der Waals surface area contributed by atoms with Crippen LogP contribution in [0.3, 0.4) is 0 Å². The molecule has 1 aromatic carbocycles. The SMILES string of the molecule is Cc1ccc(S(=O)(=O)N2CCN(c3cc(-n4cncn4)ncn3)CC2)c(C)c1. The van der Waals surface area contributed by atoms with Crippen molar-refractivity contribution in [3.05, 3.63) is 54.4 Å². The first-order valence-corrected chi connectivity index (χ1v) is 10.4. The van der Waals surface area contributed by atoms with E-state index in [2.05, 4.69) is 25.0 Å². The summed E-state index contributed by atoms with van der Waals surface area (Å²) in [4.78, 5) is 14.9. The lowest BCUT2D eigenvalue weighted by atomic mass is 10.2. The Kier molecular flexibility index (Phi) is 4.82. The summed E-state index contributed by atoms with van der Waals surface area (Å²) in [5.74, 6) is 1.36. The molecule has 0 bridgehead atoms. The third-order valence-electron chi connectivity index (χ3n) is 4.80. The maximum atomic E-state index is 13.0. The van der Waals surface area contributed by atoms with E-state index >= 15 is 0 Å². The minimum atomic E-state index is -3.51. The third-order valence-corrected chi connectivity index (χ3v) is 6.86. The summed E-state index contributed by atoms with van der Waals surface area (Å²) in [5, 5.41) is 4.07. The molecule has 0 radical (unpaired) electrons. The van der Waals surface area contributed by atoms with Crippen LogP contribution in [0.5, 0.6) is 0 Å². The number of piperazine rings is 1. The van der Waals surface area contributed by atoms with Crippen LogP contribution in [0.1, 0.15) is 11.1 Å². The highest BCUT2D eigenvalue weighted by Crippen LogP contribution is 2.23. The highest BCUT2D eigenvalue weighted by atomic mass is 32.2. The molecule has 0 unspecified atom stereocenters. The Morgan fingerprint density at radius 3 is 2.36 bits per heavy atom. The van der Waals surface area contributed by atoms with Gasteiger partial charge in [-0.1, -0.05) is 17.7 Å². The second kappa shape index (κ2) is 7.28. The third kappa shape index (κ3) is 3.48. The minimum absolute atomic E-state index is 0.377. The summed E-state index contributed by atoms with van der Waals surface area (Å²) in [7, 11) is -3.51. The number of aryl methyl sites for hydroxylation is 2. The molecule has 146 valence electrons. The maximum Gasteiger partial charge on any atom is 0.243 e. The fourth-order valence-electron chi connectivity index (χ4n) is 3.35. The number of rotatable bonds is 4. The van der Waals surface area contributed by atoms with Crippen molar-refractivity contribution < 1.29 is 8.42 Å². The van der Waals surface area contributed by atoms with Gasteiger partial charge in [0.25, 0.3) is 0 Å². The van der Waals surface area contributed by atoms with Crippen LogP contribution in [0, 0.1) is 13.8 Å². The molecule has 28 heavy (non-hydrogen) atoms. The molecule has 0 aliphatic carbocycles. The van der Waals surface area contributed by atoms with Crippen molar-refractivity contribution in [2.24, 2.45) is 0 Å². The standard InChI is InChI=1S/C18H21N7O2S/c1-14-3-4-16(15(2)9-14)28(26,27)24-7-5-23(6-8-24)17-10-18(21-12-20-17)25-13-19-11-22-25/h3-4,9-13H,5-8H2,1-2H3. The van der Waals surface area contributed by atoms with Crippen LogP contribution in [0.2, 0.25) is 0 Å². The van der Waals surface area contributed by atoms with Gasteiger partial charge in [0.15, 0.2) is 5.82 Å². The van der Waals surface area contributed by atoms with Crippen molar-refractivity contribution in [3.8, 4) is 5.82 Å². The molecule has 1 saturated heterocycles. The molecule has 10 heteroatoms. The molecule has 3 heterocycles. The molecule has 0 saturated carbocycles. The van der Waals surface area contributed by atoms with Crippen LogP contribution in [0.4, 0.5) is 5.82 Å². The van der Waals surface area contributed by atoms with Crippen LogP contribution >= 0.6 is 0 Å². The zero-order chi connectivity index (χ0) is 19.7. The number of hydrogen-bond acceptors (Lipinski definition) is 7.